The molecule has 1 unspecified atom stereocenters. The first-order valence-electron chi connectivity index (χ1n) is 7.32. The Kier molecular flexibility index (Phi) is 8.28. The van der Waals surface area contributed by atoms with Crippen LogP contribution in [0.25, 0.3) is 0 Å². The van der Waals surface area contributed by atoms with Crippen molar-refractivity contribution in [2.24, 2.45) is 11.3 Å². The molecule has 2 heteroatoms. The van der Waals surface area contributed by atoms with Crippen molar-refractivity contribution < 1.29 is 9.90 Å². The maximum atomic E-state index is 11.8. The molecule has 0 aliphatic rings. The summed E-state index contributed by atoms with van der Waals surface area (Å²) >= 11 is 0. The molecular formula is C15H30O2. The molecule has 0 aliphatic carbocycles. The Morgan fingerprint density at radius 1 is 1.06 bits per heavy atom. The van der Waals surface area contributed by atoms with E-state index in [1.807, 2.05) is 0 Å². The Bertz CT molecular complexity index is 205. The van der Waals surface area contributed by atoms with Gasteiger partial charge >= 0.3 is 5.97 Å². The van der Waals surface area contributed by atoms with Crippen LogP contribution >= 0.6 is 0 Å². The van der Waals surface area contributed by atoms with E-state index in [9.17, 15) is 9.90 Å². The Labute approximate surface area is 107 Å². The molecule has 0 saturated heterocycles. The lowest BCUT2D eigenvalue weighted by Crippen LogP contribution is -2.38. The predicted molar refractivity (Wildman–Crippen MR) is 73.2 cm³/mol. The predicted octanol–water partition coefficient (Wildman–Crippen LogP) is 4.87. The van der Waals surface area contributed by atoms with Crippen molar-refractivity contribution in [2.75, 3.05) is 0 Å². The molecule has 0 aromatic heterocycles. The maximum absolute atomic E-state index is 11.8. The van der Waals surface area contributed by atoms with Crippen LogP contribution in [0.4, 0.5) is 0 Å². The van der Waals surface area contributed by atoms with E-state index < -0.39 is 11.4 Å². The van der Waals surface area contributed by atoms with E-state index in [1.54, 1.807) is 0 Å². The molecule has 0 spiro atoms. The van der Waals surface area contributed by atoms with Crippen molar-refractivity contribution in [3.63, 3.8) is 0 Å². The molecule has 0 aromatic carbocycles. The lowest BCUT2D eigenvalue weighted by molar-refractivity contribution is -0.154. The van der Waals surface area contributed by atoms with Gasteiger partial charge in [0, 0.05) is 0 Å². The third kappa shape index (κ3) is 4.33. The molecule has 0 fully saturated rings. The smallest absolute Gasteiger partial charge is 0.309 e. The molecule has 2 nitrogen and oxygen atoms in total. The van der Waals surface area contributed by atoms with Crippen molar-refractivity contribution in [3.05, 3.63) is 0 Å². The summed E-state index contributed by atoms with van der Waals surface area (Å²) in [5.41, 5.74) is -0.465. The zero-order valence-electron chi connectivity index (χ0n) is 12.1. The van der Waals surface area contributed by atoms with Crippen LogP contribution in [0.5, 0.6) is 0 Å². The number of rotatable bonds is 10. The van der Waals surface area contributed by atoms with Crippen LogP contribution in [0, 0.1) is 11.3 Å². The minimum Gasteiger partial charge on any atom is -0.481 e. The summed E-state index contributed by atoms with van der Waals surface area (Å²) in [6.07, 6.45) is 7.97. The second-order valence-corrected chi connectivity index (χ2v) is 5.21. The highest BCUT2D eigenvalue weighted by atomic mass is 16.4. The Morgan fingerprint density at radius 2 is 1.59 bits per heavy atom. The van der Waals surface area contributed by atoms with E-state index in [1.165, 1.54) is 0 Å². The van der Waals surface area contributed by atoms with Gasteiger partial charge in [-0.05, 0) is 25.2 Å². The fourth-order valence-corrected chi connectivity index (χ4v) is 3.14. The van der Waals surface area contributed by atoms with Gasteiger partial charge < -0.3 is 5.11 Å². The minimum absolute atomic E-state index is 0.347. The largest absolute Gasteiger partial charge is 0.481 e. The van der Waals surface area contributed by atoms with Gasteiger partial charge in [-0.25, -0.2) is 0 Å². The average molecular weight is 242 g/mol. The van der Waals surface area contributed by atoms with Gasteiger partial charge in [-0.15, -0.1) is 0 Å². The highest BCUT2D eigenvalue weighted by Crippen LogP contribution is 2.42. The summed E-state index contributed by atoms with van der Waals surface area (Å²) in [7, 11) is 0. The third-order valence-electron chi connectivity index (χ3n) is 4.00. The summed E-state index contributed by atoms with van der Waals surface area (Å²) in [5, 5.41) is 9.69. The molecule has 0 amide bonds. The van der Waals surface area contributed by atoms with E-state index in [0.717, 1.165) is 51.4 Å². The van der Waals surface area contributed by atoms with Crippen LogP contribution in [0.1, 0.15) is 79.1 Å². The SMILES string of the molecule is CCCCC(CC)C(CCC)(CCC)C(=O)O. The highest BCUT2D eigenvalue weighted by Gasteiger charge is 2.42. The van der Waals surface area contributed by atoms with Crippen molar-refractivity contribution in [1.82, 2.24) is 0 Å². The number of hydrogen-bond donors (Lipinski definition) is 1. The van der Waals surface area contributed by atoms with Crippen LogP contribution < -0.4 is 0 Å². The van der Waals surface area contributed by atoms with Gasteiger partial charge in [0.05, 0.1) is 5.41 Å². The Balaban J connectivity index is 4.98. The Hall–Kier alpha value is -0.530. The summed E-state index contributed by atoms with van der Waals surface area (Å²) in [5.74, 6) is -0.219. The topological polar surface area (TPSA) is 37.3 Å². The normalized spacial score (nSPS) is 13.6. The first kappa shape index (κ1) is 16.5. The van der Waals surface area contributed by atoms with Gasteiger partial charge in [0.15, 0.2) is 0 Å². The standard InChI is InChI=1S/C15H30O2/c1-5-9-10-13(8-4)15(11-6-2,12-7-3)14(16)17/h13H,5-12H2,1-4H3,(H,16,17). The van der Waals surface area contributed by atoms with E-state index in [2.05, 4.69) is 27.7 Å². The van der Waals surface area contributed by atoms with Crippen molar-refractivity contribution in [3.8, 4) is 0 Å². The molecule has 0 rings (SSSR count). The number of unbranched alkanes of at least 4 members (excludes halogenated alkanes) is 1. The first-order chi connectivity index (χ1) is 8.08. The summed E-state index contributed by atoms with van der Waals surface area (Å²) < 4.78 is 0. The molecule has 1 atom stereocenters. The highest BCUT2D eigenvalue weighted by molar-refractivity contribution is 5.75. The lowest BCUT2D eigenvalue weighted by Gasteiger charge is -2.37. The molecule has 1 N–H and O–H groups in total. The quantitative estimate of drug-likeness (QED) is 0.593. The molecule has 102 valence electrons. The third-order valence-corrected chi connectivity index (χ3v) is 4.00. The van der Waals surface area contributed by atoms with Crippen molar-refractivity contribution in [2.45, 2.75) is 79.1 Å². The zero-order valence-corrected chi connectivity index (χ0v) is 12.1. The van der Waals surface area contributed by atoms with Crippen molar-refractivity contribution >= 4 is 5.97 Å². The molecule has 0 bridgehead atoms. The van der Waals surface area contributed by atoms with E-state index in [0.29, 0.717) is 5.92 Å². The van der Waals surface area contributed by atoms with E-state index >= 15 is 0 Å². The van der Waals surface area contributed by atoms with E-state index in [4.69, 9.17) is 0 Å². The van der Waals surface area contributed by atoms with Gasteiger partial charge in [0.2, 0.25) is 0 Å². The van der Waals surface area contributed by atoms with Crippen molar-refractivity contribution in [1.29, 1.82) is 0 Å². The summed E-state index contributed by atoms with van der Waals surface area (Å²) in [4.78, 5) is 11.8. The summed E-state index contributed by atoms with van der Waals surface area (Å²) in [6.45, 7) is 8.51. The second kappa shape index (κ2) is 8.54. The molecular weight excluding hydrogens is 212 g/mol. The van der Waals surface area contributed by atoms with Crippen LogP contribution in [-0.4, -0.2) is 11.1 Å². The van der Waals surface area contributed by atoms with Crippen LogP contribution in [0.15, 0.2) is 0 Å². The summed E-state index contributed by atoms with van der Waals surface area (Å²) in [6, 6.07) is 0. The van der Waals surface area contributed by atoms with Gasteiger partial charge in [-0.1, -0.05) is 59.8 Å². The zero-order chi connectivity index (χ0) is 13.3. The maximum Gasteiger partial charge on any atom is 0.309 e. The fourth-order valence-electron chi connectivity index (χ4n) is 3.14. The fraction of sp³-hybridized carbons (Fsp3) is 0.933. The average Bonchev–Trinajstić information content (AvgIpc) is 2.30. The Morgan fingerprint density at radius 3 is 1.88 bits per heavy atom. The monoisotopic (exact) mass is 242 g/mol. The molecule has 0 saturated carbocycles. The van der Waals surface area contributed by atoms with Gasteiger partial charge in [-0.3, -0.25) is 4.79 Å². The lowest BCUT2D eigenvalue weighted by atomic mass is 9.66. The van der Waals surface area contributed by atoms with Gasteiger partial charge in [0.25, 0.3) is 0 Å². The number of aliphatic carboxylic acids is 1. The number of hydrogen-bond acceptors (Lipinski definition) is 1. The van der Waals surface area contributed by atoms with Crippen LogP contribution in [-0.2, 0) is 4.79 Å². The molecule has 0 aliphatic heterocycles. The molecule has 0 radical (unpaired) electrons. The van der Waals surface area contributed by atoms with E-state index in [-0.39, 0.29) is 0 Å². The first-order valence-corrected chi connectivity index (χ1v) is 7.32. The van der Waals surface area contributed by atoms with Crippen LogP contribution in [0.3, 0.4) is 0 Å². The number of carboxylic acids is 1. The molecule has 0 heterocycles. The molecule has 17 heavy (non-hydrogen) atoms. The number of carbonyl (C=O) groups is 1. The van der Waals surface area contributed by atoms with Crippen LogP contribution in [0.2, 0.25) is 0 Å². The minimum atomic E-state index is -0.566. The molecule has 0 aromatic rings. The second-order valence-electron chi connectivity index (χ2n) is 5.21. The van der Waals surface area contributed by atoms with Gasteiger partial charge in [0.1, 0.15) is 0 Å². The van der Waals surface area contributed by atoms with Gasteiger partial charge in [-0.2, -0.15) is 0 Å². The number of carboxylic acid groups (broad SMARTS) is 1.